The highest BCUT2D eigenvalue weighted by molar-refractivity contribution is 5.61. The Morgan fingerprint density at radius 3 is 2.57 bits per heavy atom. The molecule has 0 unspecified atom stereocenters. The van der Waals surface area contributed by atoms with E-state index in [9.17, 15) is 0 Å². The molecule has 0 amide bonds. The van der Waals surface area contributed by atoms with Crippen LogP contribution < -0.4 is 10.5 Å². The molecule has 4 nitrogen and oxygen atoms in total. The van der Waals surface area contributed by atoms with E-state index >= 15 is 0 Å². The first-order valence-corrected chi connectivity index (χ1v) is 6.76. The topological polar surface area (TPSA) is 71.9 Å². The lowest BCUT2D eigenvalue weighted by molar-refractivity contribution is 0.441. The molecule has 1 aromatic heterocycles. The number of rotatable bonds is 2. The number of ether oxygens (including phenoxy) is 1. The maximum Gasteiger partial charge on any atom is 0.244 e. The summed E-state index contributed by atoms with van der Waals surface area (Å²) in [6.07, 6.45) is 1.52. The number of hydrogen-bond acceptors (Lipinski definition) is 4. The van der Waals surface area contributed by atoms with Crippen molar-refractivity contribution in [1.29, 1.82) is 5.26 Å². The quantitative estimate of drug-likeness (QED) is 0.905. The lowest BCUT2D eigenvalue weighted by atomic mass is 9.86. The number of aryl methyl sites for hydroxylation is 1. The Balaban J connectivity index is 2.50. The van der Waals surface area contributed by atoms with Crippen molar-refractivity contribution >= 4 is 5.69 Å². The minimum Gasteiger partial charge on any atom is -0.437 e. The van der Waals surface area contributed by atoms with Crippen LogP contribution in [-0.4, -0.2) is 4.98 Å². The van der Waals surface area contributed by atoms with Crippen LogP contribution in [-0.2, 0) is 5.41 Å². The van der Waals surface area contributed by atoms with Crippen molar-refractivity contribution in [1.82, 2.24) is 4.98 Å². The Labute approximate surface area is 125 Å². The SMILES string of the molecule is Cc1ccc(C(C)(C)C)c(Oc2nccc(C#N)c2N)c1. The molecule has 0 aliphatic carbocycles. The lowest BCUT2D eigenvalue weighted by Gasteiger charge is -2.23. The number of nitriles is 1. The van der Waals surface area contributed by atoms with Gasteiger partial charge in [0.15, 0.2) is 0 Å². The minimum atomic E-state index is -0.0648. The van der Waals surface area contributed by atoms with Crippen LogP contribution in [0.3, 0.4) is 0 Å². The summed E-state index contributed by atoms with van der Waals surface area (Å²) in [4.78, 5) is 4.14. The molecule has 0 saturated heterocycles. The van der Waals surface area contributed by atoms with Crippen LogP contribution in [0.1, 0.15) is 37.5 Å². The van der Waals surface area contributed by atoms with Crippen LogP contribution in [0.15, 0.2) is 30.5 Å². The van der Waals surface area contributed by atoms with Gasteiger partial charge in [-0.1, -0.05) is 32.9 Å². The summed E-state index contributed by atoms with van der Waals surface area (Å²) in [5.74, 6) is 0.988. The summed E-state index contributed by atoms with van der Waals surface area (Å²) in [7, 11) is 0. The summed E-state index contributed by atoms with van der Waals surface area (Å²) in [6, 6.07) is 9.67. The number of pyridine rings is 1. The fourth-order valence-electron chi connectivity index (χ4n) is 2.07. The number of hydrogen-bond donors (Lipinski definition) is 1. The van der Waals surface area contributed by atoms with Crippen molar-refractivity contribution in [2.45, 2.75) is 33.1 Å². The van der Waals surface area contributed by atoms with Gasteiger partial charge in [-0.2, -0.15) is 5.26 Å². The third-order valence-corrected chi connectivity index (χ3v) is 3.23. The molecule has 0 bridgehead atoms. The predicted molar refractivity (Wildman–Crippen MR) is 83.3 cm³/mol. The van der Waals surface area contributed by atoms with Crippen molar-refractivity contribution in [3.8, 4) is 17.7 Å². The molecule has 2 rings (SSSR count). The van der Waals surface area contributed by atoms with E-state index in [2.05, 4.69) is 37.9 Å². The third-order valence-electron chi connectivity index (χ3n) is 3.23. The van der Waals surface area contributed by atoms with E-state index in [4.69, 9.17) is 15.7 Å². The van der Waals surface area contributed by atoms with Gasteiger partial charge in [0.25, 0.3) is 0 Å². The molecule has 0 aliphatic rings. The molecule has 0 atom stereocenters. The third kappa shape index (κ3) is 3.14. The van der Waals surface area contributed by atoms with Gasteiger partial charge in [-0.15, -0.1) is 0 Å². The monoisotopic (exact) mass is 281 g/mol. The fourth-order valence-corrected chi connectivity index (χ4v) is 2.07. The Bertz CT molecular complexity index is 709. The highest BCUT2D eigenvalue weighted by atomic mass is 16.5. The van der Waals surface area contributed by atoms with Crippen LogP contribution in [0, 0.1) is 18.3 Å². The van der Waals surface area contributed by atoms with Crippen molar-refractivity contribution in [2.75, 3.05) is 5.73 Å². The van der Waals surface area contributed by atoms with E-state index < -0.39 is 0 Å². The van der Waals surface area contributed by atoms with Gasteiger partial charge in [0.1, 0.15) is 17.5 Å². The second-order valence-electron chi connectivity index (χ2n) is 6.04. The highest BCUT2D eigenvalue weighted by Crippen LogP contribution is 2.36. The first kappa shape index (κ1) is 14.9. The maximum absolute atomic E-state index is 9.02. The molecule has 0 aliphatic heterocycles. The Morgan fingerprint density at radius 2 is 1.95 bits per heavy atom. The molecule has 2 aromatic rings. The molecule has 4 heteroatoms. The second kappa shape index (κ2) is 5.45. The number of anilines is 1. The fraction of sp³-hybridized carbons (Fsp3) is 0.294. The van der Waals surface area contributed by atoms with Crippen LogP contribution in [0.25, 0.3) is 0 Å². The van der Waals surface area contributed by atoms with Gasteiger partial charge >= 0.3 is 0 Å². The lowest BCUT2D eigenvalue weighted by Crippen LogP contribution is -2.13. The Morgan fingerprint density at radius 1 is 1.24 bits per heavy atom. The van der Waals surface area contributed by atoms with Crippen LogP contribution in [0.4, 0.5) is 5.69 Å². The van der Waals surface area contributed by atoms with Crippen molar-refractivity contribution in [3.63, 3.8) is 0 Å². The molecule has 2 N–H and O–H groups in total. The smallest absolute Gasteiger partial charge is 0.244 e. The summed E-state index contributed by atoms with van der Waals surface area (Å²) in [6.45, 7) is 8.36. The zero-order valence-corrected chi connectivity index (χ0v) is 12.8. The van der Waals surface area contributed by atoms with Gasteiger partial charge in [0.05, 0.1) is 5.56 Å². The molecular formula is C17H19N3O. The van der Waals surface area contributed by atoms with E-state index in [0.717, 1.165) is 16.9 Å². The molecule has 0 radical (unpaired) electrons. The zero-order valence-electron chi connectivity index (χ0n) is 12.8. The first-order valence-electron chi connectivity index (χ1n) is 6.76. The second-order valence-corrected chi connectivity index (χ2v) is 6.04. The Kier molecular flexibility index (Phi) is 3.86. The average Bonchev–Trinajstić information content (AvgIpc) is 2.40. The summed E-state index contributed by atoms with van der Waals surface area (Å²) in [5.41, 5.74) is 8.65. The number of nitrogen functional groups attached to an aromatic ring is 1. The number of nitrogens with two attached hydrogens (primary N) is 1. The zero-order chi connectivity index (χ0) is 15.6. The van der Waals surface area contributed by atoms with Crippen LogP contribution in [0.2, 0.25) is 0 Å². The molecular weight excluding hydrogens is 262 g/mol. The minimum absolute atomic E-state index is 0.0648. The summed E-state index contributed by atoms with van der Waals surface area (Å²) in [5, 5.41) is 9.02. The van der Waals surface area contributed by atoms with Crippen molar-refractivity contribution in [2.24, 2.45) is 0 Å². The Hall–Kier alpha value is -2.54. The standard InChI is InChI=1S/C17H19N3O/c1-11-5-6-13(17(2,3)4)14(9-11)21-16-15(19)12(10-18)7-8-20-16/h5-9H,19H2,1-4H3. The van der Waals surface area contributed by atoms with Crippen molar-refractivity contribution < 1.29 is 4.74 Å². The number of benzene rings is 1. The average molecular weight is 281 g/mol. The molecule has 21 heavy (non-hydrogen) atoms. The molecule has 0 spiro atoms. The van der Waals surface area contributed by atoms with Crippen molar-refractivity contribution in [3.05, 3.63) is 47.2 Å². The van der Waals surface area contributed by atoms with Crippen LogP contribution in [0.5, 0.6) is 11.6 Å². The van der Waals surface area contributed by atoms with E-state index in [1.165, 1.54) is 6.20 Å². The van der Waals surface area contributed by atoms with Crippen LogP contribution >= 0.6 is 0 Å². The molecule has 0 fully saturated rings. The van der Waals surface area contributed by atoms with E-state index in [1.54, 1.807) is 6.07 Å². The highest BCUT2D eigenvalue weighted by Gasteiger charge is 2.20. The number of aromatic nitrogens is 1. The largest absolute Gasteiger partial charge is 0.437 e. The molecule has 0 saturated carbocycles. The van der Waals surface area contributed by atoms with Gasteiger partial charge in [0.2, 0.25) is 5.88 Å². The van der Waals surface area contributed by atoms with Gasteiger partial charge in [0, 0.05) is 11.8 Å². The summed E-state index contributed by atoms with van der Waals surface area (Å²) >= 11 is 0. The van der Waals surface area contributed by atoms with E-state index in [1.807, 2.05) is 19.1 Å². The molecule has 108 valence electrons. The number of nitrogens with zero attached hydrogens (tertiary/aromatic N) is 2. The molecule has 1 heterocycles. The van der Waals surface area contributed by atoms with Gasteiger partial charge in [-0.3, -0.25) is 0 Å². The van der Waals surface area contributed by atoms with Gasteiger partial charge < -0.3 is 10.5 Å². The predicted octanol–water partition coefficient (Wildman–Crippen LogP) is 3.93. The first-order chi connectivity index (χ1) is 9.82. The normalized spacial score (nSPS) is 11.0. The van der Waals surface area contributed by atoms with Gasteiger partial charge in [-0.05, 0) is 30.0 Å². The summed E-state index contributed by atoms with van der Waals surface area (Å²) < 4.78 is 5.90. The van der Waals surface area contributed by atoms with Gasteiger partial charge in [-0.25, -0.2) is 4.98 Å². The molecule has 1 aromatic carbocycles. The maximum atomic E-state index is 9.02. The van der Waals surface area contributed by atoms with E-state index in [0.29, 0.717) is 5.56 Å². The van der Waals surface area contributed by atoms with E-state index in [-0.39, 0.29) is 17.0 Å².